The third-order valence-electron chi connectivity index (χ3n) is 4.59. The standard InChI is InChI=1S/C17H25NO4S/c1-17(2)13-21-12-11-18(17)23(19,20)16-9-7-15(8-10-16)22-14-5-3-4-6-14/h7-10,14H,3-6,11-13H2,1-2H3. The minimum Gasteiger partial charge on any atom is -0.490 e. The van der Waals surface area contributed by atoms with E-state index < -0.39 is 15.6 Å². The molecular weight excluding hydrogens is 314 g/mol. The topological polar surface area (TPSA) is 55.8 Å². The van der Waals surface area contributed by atoms with Crippen molar-refractivity contribution >= 4 is 10.0 Å². The van der Waals surface area contributed by atoms with E-state index in [-0.39, 0.29) is 6.10 Å². The van der Waals surface area contributed by atoms with E-state index in [0.717, 1.165) is 18.6 Å². The van der Waals surface area contributed by atoms with E-state index in [1.807, 2.05) is 13.8 Å². The maximum absolute atomic E-state index is 12.9. The lowest BCUT2D eigenvalue weighted by atomic mass is 10.1. The van der Waals surface area contributed by atoms with Gasteiger partial charge in [0.05, 0.1) is 29.8 Å². The fraction of sp³-hybridized carbons (Fsp3) is 0.647. The van der Waals surface area contributed by atoms with Gasteiger partial charge in [-0.05, 0) is 63.8 Å². The zero-order valence-electron chi connectivity index (χ0n) is 13.8. The van der Waals surface area contributed by atoms with Gasteiger partial charge < -0.3 is 9.47 Å². The summed E-state index contributed by atoms with van der Waals surface area (Å²) in [6, 6.07) is 6.81. The molecule has 2 fully saturated rings. The average molecular weight is 339 g/mol. The molecule has 1 saturated carbocycles. The van der Waals surface area contributed by atoms with Crippen molar-refractivity contribution in [1.82, 2.24) is 4.31 Å². The normalized spacial score (nSPS) is 23.0. The molecule has 1 aromatic carbocycles. The van der Waals surface area contributed by atoms with Crippen molar-refractivity contribution in [2.24, 2.45) is 0 Å². The fourth-order valence-corrected chi connectivity index (χ4v) is 5.06. The molecule has 1 heterocycles. The summed E-state index contributed by atoms with van der Waals surface area (Å²) in [6.45, 7) is 5.01. The summed E-state index contributed by atoms with van der Waals surface area (Å²) in [5.74, 6) is 0.747. The summed E-state index contributed by atoms with van der Waals surface area (Å²) in [5.41, 5.74) is -0.532. The maximum atomic E-state index is 12.9. The SMILES string of the molecule is CC1(C)COCCN1S(=O)(=O)c1ccc(OC2CCCC2)cc1. The molecule has 2 aliphatic rings. The second-order valence-corrected chi connectivity index (χ2v) is 8.80. The smallest absolute Gasteiger partial charge is 0.243 e. The zero-order valence-corrected chi connectivity index (χ0v) is 14.6. The number of benzene rings is 1. The van der Waals surface area contributed by atoms with Crippen molar-refractivity contribution in [2.45, 2.75) is 56.1 Å². The van der Waals surface area contributed by atoms with E-state index in [1.165, 1.54) is 17.1 Å². The molecule has 0 N–H and O–H groups in total. The minimum absolute atomic E-state index is 0.274. The number of ether oxygens (including phenoxy) is 2. The Kier molecular flexibility index (Phi) is 4.67. The first-order valence-electron chi connectivity index (χ1n) is 8.27. The van der Waals surface area contributed by atoms with Crippen LogP contribution in [0.1, 0.15) is 39.5 Å². The third kappa shape index (κ3) is 3.54. The van der Waals surface area contributed by atoms with E-state index in [1.54, 1.807) is 24.3 Å². The average Bonchev–Trinajstić information content (AvgIpc) is 3.00. The van der Waals surface area contributed by atoms with Gasteiger partial charge in [0.1, 0.15) is 5.75 Å². The zero-order chi connectivity index (χ0) is 16.5. The second-order valence-electron chi connectivity index (χ2n) is 6.94. The van der Waals surface area contributed by atoms with Crippen LogP contribution in [-0.2, 0) is 14.8 Å². The number of morpholine rings is 1. The molecule has 5 nitrogen and oxygen atoms in total. The molecule has 0 bridgehead atoms. The molecule has 1 aromatic rings. The van der Waals surface area contributed by atoms with Gasteiger partial charge >= 0.3 is 0 Å². The van der Waals surface area contributed by atoms with Crippen LogP contribution in [0.25, 0.3) is 0 Å². The Morgan fingerprint density at radius 1 is 1.17 bits per heavy atom. The van der Waals surface area contributed by atoms with E-state index in [0.29, 0.717) is 24.7 Å². The van der Waals surface area contributed by atoms with Crippen LogP contribution in [-0.4, -0.2) is 44.1 Å². The van der Waals surface area contributed by atoms with Gasteiger partial charge in [0.15, 0.2) is 0 Å². The molecule has 0 spiro atoms. The highest BCUT2D eigenvalue weighted by atomic mass is 32.2. The first kappa shape index (κ1) is 16.7. The van der Waals surface area contributed by atoms with Crippen LogP contribution in [0, 0.1) is 0 Å². The molecule has 1 saturated heterocycles. The van der Waals surface area contributed by atoms with Crippen LogP contribution in [0.5, 0.6) is 5.75 Å². The number of sulfonamides is 1. The van der Waals surface area contributed by atoms with Crippen LogP contribution < -0.4 is 4.74 Å². The van der Waals surface area contributed by atoms with Crippen molar-refractivity contribution in [3.63, 3.8) is 0 Å². The lowest BCUT2D eigenvalue weighted by Gasteiger charge is -2.40. The Balaban J connectivity index is 1.77. The Hall–Kier alpha value is -1.11. The second kappa shape index (κ2) is 6.42. The Morgan fingerprint density at radius 3 is 2.43 bits per heavy atom. The Labute approximate surface area is 138 Å². The predicted molar refractivity (Wildman–Crippen MR) is 88.1 cm³/mol. The molecule has 6 heteroatoms. The quantitative estimate of drug-likeness (QED) is 0.846. The first-order chi connectivity index (χ1) is 10.9. The predicted octanol–water partition coefficient (Wildman–Crippen LogP) is 2.81. The highest BCUT2D eigenvalue weighted by Gasteiger charge is 2.39. The van der Waals surface area contributed by atoms with Crippen LogP contribution in [0.3, 0.4) is 0 Å². The van der Waals surface area contributed by atoms with E-state index in [9.17, 15) is 8.42 Å². The van der Waals surface area contributed by atoms with Crippen molar-refractivity contribution in [3.8, 4) is 5.75 Å². The molecule has 3 rings (SSSR count). The van der Waals surface area contributed by atoms with Crippen LogP contribution in [0.4, 0.5) is 0 Å². The molecule has 0 amide bonds. The summed E-state index contributed by atoms with van der Waals surface area (Å²) in [7, 11) is -3.52. The summed E-state index contributed by atoms with van der Waals surface area (Å²) in [6.07, 6.45) is 4.87. The maximum Gasteiger partial charge on any atom is 0.243 e. The third-order valence-corrected chi connectivity index (χ3v) is 6.71. The summed E-state index contributed by atoms with van der Waals surface area (Å²) >= 11 is 0. The van der Waals surface area contributed by atoms with Crippen molar-refractivity contribution in [1.29, 1.82) is 0 Å². The molecule has 128 valence electrons. The highest BCUT2D eigenvalue weighted by Crippen LogP contribution is 2.29. The number of nitrogens with zero attached hydrogens (tertiary/aromatic N) is 1. The molecule has 0 radical (unpaired) electrons. The Bertz CT molecular complexity index is 633. The fourth-order valence-electron chi connectivity index (χ4n) is 3.31. The van der Waals surface area contributed by atoms with Crippen molar-refractivity contribution in [3.05, 3.63) is 24.3 Å². The van der Waals surface area contributed by atoms with E-state index in [4.69, 9.17) is 9.47 Å². The summed E-state index contributed by atoms with van der Waals surface area (Å²) < 4.78 is 38.6. The molecule has 23 heavy (non-hydrogen) atoms. The van der Waals surface area contributed by atoms with Gasteiger partial charge in [-0.1, -0.05) is 0 Å². The largest absolute Gasteiger partial charge is 0.490 e. The van der Waals surface area contributed by atoms with Crippen LogP contribution in [0.2, 0.25) is 0 Å². The number of hydrogen-bond donors (Lipinski definition) is 0. The van der Waals surface area contributed by atoms with Crippen molar-refractivity contribution < 1.29 is 17.9 Å². The van der Waals surface area contributed by atoms with Crippen molar-refractivity contribution in [2.75, 3.05) is 19.8 Å². The van der Waals surface area contributed by atoms with E-state index in [2.05, 4.69) is 0 Å². The van der Waals surface area contributed by atoms with Gasteiger partial charge in [0, 0.05) is 6.54 Å². The molecule has 0 unspecified atom stereocenters. The van der Waals surface area contributed by atoms with Gasteiger partial charge in [-0.2, -0.15) is 4.31 Å². The lowest BCUT2D eigenvalue weighted by molar-refractivity contribution is -0.00770. The summed E-state index contributed by atoms with van der Waals surface area (Å²) in [5, 5.41) is 0. The van der Waals surface area contributed by atoms with Crippen LogP contribution >= 0.6 is 0 Å². The molecule has 0 aromatic heterocycles. The molecule has 1 aliphatic heterocycles. The van der Waals surface area contributed by atoms with Gasteiger partial charge in [-0.25, -0.2) is 8.42 Å². The van der Waals surface area contributed by atoms with Crippen LogP contribution in [0.15, 0.2) is 29.2 Å². The van der Waals surface area contributed by atoms with E-state index >= 15 is 0 Å². The first-order valence-corrected chi connectivity index (χ1v) is 9.71. The summed E-state index contributed by atoms with van der Waals surface area (Å²) in [4.78, 5) is 0.311. The Morgan fingerprint density at radius 2 is 1.83 bits per heavy atom. The van der Waals surface area contributed by atoms with Gasteiger partial charge in [0.25, 0.3) is 0 Å². The monoisotopic (exact) mass is 339 g/mol. The lowest BCUT2D eigenvalue weighted by Crippen LogP contribution is -2.55. The van der Waals surface area contributed by atoms with Gasteiger partial charge in [0.2, 0.25) is 10.0 Å². The minimum atomic E-state index is -3.52. The van der Waals surface area contributed by atoms with Gasteiger partial charge in [-0.3, -0.25) is 0 Å². The number of hydrogen-bond acceptors (Lipinski definition) is 4. The molecule has 0 atom stereocenters. The highest BCUT2D eigenvalue weighted by molar-refractivity contribution is 7.89. The number of rotatable bonds is 4. The molecular formula is C17H25NO4S. The van der Waals surface area contributed by atoms with Gasteiger partial charge in [-0.15, -0.1) is 0 Å². The molecule has 1 aliphatic carbocycles.